The molecule has 0 saturated heterocycles. The van der Waals surface area contributed by atoms with Crippen LogP contribution in [0.4, 0.5) is 0 Å². The van der Waals surface area contributed by atoms with Crippen LogP contribution in [0.15, 0.2) is 24.5 Å². The minimum absolute atomic E-state index is 1.08. The van der Waals surface area contributed by atoms with Gasteiger partial charge in [0.05, 0.1) is 5.69 Å². The molecule has 0 atom stereocenters. The summed E-state index contributed by atoms with van der Waals surface area (Å²) in [5.41, 5.74) is 5.02. The SMILES string of the molecule is Cn1nc(-c2cccnc2)c2c1CCSC2. The van der Waals surface area contributed by atoms with E-state index in [2.05, 4.69) is 16.1 Å². The van der Waals surface area contributed by atoms with Gasteiger partial charge in [-0.15, -0.1) is 0 Å². The first-order chi connectivity index (χ1) is 7.86. The van der Waals surface area contributed by atoms with Crippen molar-refractivity contribution in [1.29, 1.82) is 0 Å². The van der Waals surface area contributed by atoms with Gasteiger partial charge in [-0.1, -0.05) is 0 Å². The van der Waals surface area contributed by atoms with Gasteiger partial charge in [-0.05, 0) is 24.3 Å². The van der Waals surface area contributed by atoms with E-state index in [0.717, 1.165) is 23.4 Å². The average molecular weight is 231 g/mol. The van der Waals surface area contributed by atoms with Crippen LogP contribution >= 0.6 is 11.8 Å². The molecule has 3 heterocycles. The zero-order valence-electron chi connectivity index (χ0n) is 9.18. The number of rotatable bonds is 1. The predicted octanol–water partition coefficient (Wildman–Crippen LogP) is 2.27. The quantitative estimate of drug-likeness (QED) is 0.754. The van der Waals surface area contributed by atoms with Crippen LogP contribution in [-0.4, -0.2) is 20.5 Å². The van der Waals surface area contributed by atoms with Crippen LogP contribution in [0.2, 0.25) is 0 Å². The molecule has 1 aliphatic rings. The normalized spacial score (nSPS) is 14.8. The molecule has 3 nitrogen and oxygen atoms in total. The van der Waals surface area contributed by atoms with Crippen LogP contribution in [0.1, 0.15) is 11.3 Å². The van der Waals surface area contributed by atoms with E-state index >= 15 is 0 Å². The minimum atomic E-state index is 1.08. The molecule has 1 aliphatic heterocycles. The van der Waals surface area contributed by atoms with Crippen molar-refractivity contribution in [3.05, 3.63) is 35.8 Å². The highest BCUT2D eigenvalue weighted by Gasteiger charge is 2.20. The molecule has 2 aromatic rings. The maximum absolute atomic E-state index is 4.63. The second-order valence-corrected chi connectivity index (χ2v) is 5.05. The molecular formula is C12H13N3S. The first-order valence-electron chi connectivity index (χ1n) is 5.39. The molecule has 0 spiro atoms. The summed E-state index contributed by atoms with van der Waals surface area (Å²) in [7, 11) is 2.04. The largest absolute Gasteiger partial charge is 0.272 e. The van der Waals surface area contributed by atoms with Gasteiger partial charge in [-0.2, -0.15) is 16.9 Å². The van der Waals surface area contributed by atoms with E-state index in [1.54, 1.807) is 6.20 Å². The number of aryl methyl sites for hydroxylation is 1. The molecule has 0 aromatic carbocycles. The van der Waals surface area contributed by atoms with Crippen LogP contribution < -0.4 is 0 Å². The predicted molar refractivity (Wildman–Crippen MR) is 66.3 cm³/mol. The zero-order chi connectivity index (χ0) is 11.0. The number of hydrogen-bond acceptors (Lipinski definition) is 3. The second-order valence-electron chi connectivity index (χ2n) is 3.94. The van der Waals surface area contributed by atoms with Crippen LogP contribution in [0, 0.1) is 0 Å². The van der Waals surface area contributed by atoms with Crippen molar-refractivity contribution in [3.63, 3.8) is 0 Å². The highest BCUT2D eigenvalue weighted by molar-refractivity contribution is 7.98. The molecule has 3 rings (SSSR count). The smallest absolute Gasteiger partial charge is 0.0981 e. The Kier molecular flexibility index (Phi) is 2.44. The fourth-order valence-corrected chi connectivity index (χ4v) is 3.13. The van der Waals surface area contributed by atoms with Crippen molar-refractivity contribution in [2.75, 3.05) is 5.75 Å². The number of nitrogens with zero attached hydrogens (tertiary/aromatic N) is 3. The maximum atomic E-state index is 4.63. The van der Waals surface area contributed by atoms with E-state index in [9.17, 15) is 0 Å². The summed E-state index contributed by atoms with van der Waals surface area (Å²) in [4.78, 5) is 4.16. The van der Waals surface area contributed by atoms with Gasteiger partial charge >= 0.3 is 0 Å². The molecule has 82 valence electrons. The van der Waals surface area contributed by atoms with Crippen LogP contribution in [0.3, 0.4) is 0 Å². The number of aromatic nitrogens is 3. The highest BCUT2D eigenvalue weighted by Crippen LogP contribution is 2.32. The monoisotopic (exact) mass is 231 g/mol. The topological polar surface area (TPSA) is 30.7 Å². The molecule has 0 aliphatic carbocycles. The number of fused-ring (bicyclic) bond motifs is 1. The summed E-state index contributed by atoms with van der Waals surface area (Å²) < 4.78 is 2.03. The Balaban J connectivity index is 2.15. The van der Waals surface area contributed by atoms with Crippen molar-refractivity contribution < 1.29 is 0 Å². The molecule has 4 heteroatoms. The van der Waals surface area contributed by atoms with E-state index < -0.39 is 0 Å². The van der Waals surface area contributed by atoms with E-state index in [1.165, 1.54) is 17.0 Å². The molecule has 2 aromatic heterocycles. The Labute approximate surface area is 98.9 Å². The zero-order valence-corrected chi connectivity index (χ0v) is 10.00. The molecule has 0 bridgehead atoms. The van der Waals surface area contributed by atoms with Crippen molar-refractivity contribution in [3.8, 4) is 11.3 Å². The summed E-state index contributed by atoms with van der Waals surface area (Å²) in [5, 5.41) is 4.63. The van der Waals surface area contributed by atoms with Gasteiger partial charge in [0, 0.05) is 42.0 Å². The van der Waals surface area contributed by atoms with Crippen molar-refractivity contribution >= 4 is 11.8 Å². The van der Waals surface area contributed by atoms with Gasteiger partial charge in [-0.3, -0.25) is 9.67 Å². The van der Waals surface area contributed by atoms with E-state index in [4.69, 9.17) is 0 Å². The summed E-state index contributed by atoms with van der Waals surface area (Å²) in [6.45, 7) is 0. The molecule has 0 N–H and O–H groups in total. The second kappa shape index (κ2) is 3.94. The third-order valence-corrected chi connectivity index (χ3v) is 3.92. The molecule has 0 fully saturated rings. The summed E-state index contributed by atoms with van der Waals surface area (Å²) >= 11 is 1.99. The summed E-state index contributed by atoms with van der Waals surface area (Å²) in [5.74, 6) is 2.28. The van der Waals surface area contributed by atoms with Crippen LogP contribution in [0.5, 0.6) is 0 Å². The lowest BCUT2D eigenvalue weighted by Gasteiger charge is -2.12. The Morgan fingerprint density at radius 1 is 1.44 bits per heavy atom. The first kappa shape index (κ1) is 9.90. The van der Waals surface area contributed by atoms with Gasteiger partial charge in [0.25, 0.3) is 0 Å². The van der Waals surface area contributed by atoms with Crippen molar-refractivity contribution in [2.24, 2.45) is 7.05 Å². The van der Waals surface area contributed by atoms with Crippen LogP contribution in [0.25, 0.3) is 11.3 Å². The minimum Gasteiger partial charge on any atom is -0.272 e. The highest BCUT2D eigenvalue weighted by atomic mass is 32.2. The van der Waals surface area contributed by atoms with Gasteiger partial charge in [0.2, 0.25) is 0 Å². The third kappa shape index (κ3) is 1.53. The van der Waals surface area contributed by atoms with Gasteiger partial charge in [-0.25, -0.2) is 0 Å². The average Bonchev–Trinajstić information content (AvgIpc) is 2.69. The van der Waals surface area contributed by atoms with Gasteiger partial charge < -0.3 is 0 Å². The molecular weight excluding hydrogens is 218 g/mol. The Bertz CT molecular complexity index is 504. The lowest BCUT2D eigenvalue weighted by molar-refractivity contribution is 0.718. The Morgan fingerprint density at radius 2 is 2.38 bits per heavy atom. The van der Waals surface area contributed by atoms with Crippen LogP contribution in [-0.2, 0) is 19.2 Å². The van der Waals surface area contributed by atoms with Gasteiger partial charge in [0.1, 0.15) is 0 Å². The van der Waals surface area contributed by atoms with E-state index in [0.29, 0.717) is 0 Å². The fourth-order valence-electron chi connectivity index (χ4n) is 2.14. The fraction of sp³-hybridized carbons (Fsp3) is 0.333. The first-order valence-corrected chi connectivity index (χ1v) is 6.54. The number of hydrogen-bond donors (Lipinski definition) is 0. The summed E-state index contributed by atoms with van der Waals surface area (Å²) in [6, 6.07) is 4.04. The Hall–Kier alpha value is -1.29. The molecule has 0 amide bonds. The van der Waals surface area contributed by atoms with Crippen molar-refractivity contribution in [1.82, 2.24) is 14.8 Å². The molecule has 0 saturated carbocycles. The third-order valence-electron chi connectivity index (χ3n) is 2.94. The standard InChI is InChI=1S/C12H13N3S/c1-15-11-4-6-16-8-10(11)12(14-15)9-3-2-5-13-7-9/h2-3,5,7H,4,6,8H2,1H3. The number of pyridine rings is 1. The lowest BCUT2D eigenvalue weighted by atomic mass is 10.1. The molecule has 0 radical (unpaired) electrons. The lowest BCUT2D eigenvalue weighted by Crippen LogP contribution is -2.05. The maximum Gasteiger partial charge on any atom is 0.0981 e. The number of thioether (sulfide) groups is 1. The van der Waals surface area contributed by atoms with Gasteiger partial charge in [0.15, 0.2) is 0 Å². The van der Waals surface area contributed by atoms with E-state index in [-0.39, 0.29) is 0 Å². The Morgan fingerprint density at radius 3 is 3.19 bits per heavy atom. The molecule has 0 unspecified atom stereocenters. The van der Waals surface area contributed by atoms with E-state index in [1.807, 2.05) is 35.8 Å². The molecule has 16 heavy (non-hydrogen) atoms. The van der Waals surface area contributed by atoms with Crippen molar-refractivity contribution in [2.45, 2.75) is 12.2 Å². The summed E-state index contributed by atoms with van der Waals surface area (Å²) in [6.07, 6.45) is 4.82.